The molecule has 0 aromatic heterocycles. The molecule has 0 aromatic carbocycles. The molecule has 0 aliphatic rings. The van der Waals surface area contributed by atoms with Crippen LogP contribution < -0.4 is 0 Å². The van der Waals surface area contributed by atoms with Crippen LogP contribution in [0.4, 0.5) is 0 Å². The van der Waals surface area contributed by atoms with Crippen LogP contribution in [0.1, 0.15) is 60.8 Å². The zero-order valence-electron chi connectivity index (χ0n) is 12.8. The van der Waals surface area contributed by atoms with E-state index >= 15 is 0 Å². The lowest BCUT2D eigenvalue weighted by Gasteiger charge is -1.89. The van der Waals surface area contributed by atoms with E-state index in [0.717, 1.165) is 18.9 Å². The third kappa shape index (κ3) is 45.9. The van der Waals surface area contributed by atoms with Gasteiger partial charge in [-0.2, -0.15) is 0 Å². The minimum absolute atomic E-state index is 0.530. The molecule has 0 heterocycles. The van der Waals surface area contributed by atoms with Gasteiger partial charge in [-0.15, -0.1) is 0 Å². The third-order valence-electron chi connectivity index (χ3n) is 1.70. The highest BCUT2D eigenvalue weighted by atomic mass is 16.1. The van der Waals surface area contributed by atoms with Gasteiger partial charge in [0, 0.05) is 19.3 Å². The van der Waals surface area contributed by atoms with E-state index in [1.807, 2.05) is 41.5 Å². The molecule has 0 N–H and O–H groups in total. The number of aldehydes is 3. The van der Waals surface area contributed by atoms with Crippen molar-refractivity contribution in [2.75, 3.05) is 0 Å². The monoisotopic (exact) mass is 258 g/mol. The molecule has 0 bridgehead atoms. The van der Waals surface area contributed by atoms with Crippen molar-refractivity contribution in [3.63, 3.8) is 0 Å². The van der Waals surface area contributed by atoms with Crippen LogP contribution in [0.2, 0.25) is 0 Å². The SMILES string of the molecule is CC(C)CC=O.CC(C)CC=O.CC(C)CC=O. The number of carbonyl (C=O) groups is 3. The summed E-state index contributed by atoms with van der Waals surface area (Å²) >= 11 is 0. The molecule has 0 radical (unpaired) electrons. The van der Waals surface area contributed by atoms with Crippen molar-refractivity contribution in [2.24, 2.45) is 17.8 Å². The van der Waals surface area contributed by atoms with E-state index < -0.39 is 0 Å². The predicted octanol–water partition coefficient (Wildman–Crippen LogP) is 3.69. The van der Waals surface area contributed by atoms with Gasteiger partial charge in [-0.05, 0) is 17.8 Å². The molecular formula is C15H30O3. The van der Waals surface area contributed by atoms with E-state index in [-0.39, 0.29) is 0 Å². The topological polar surface area (TPSA) is 51.2 Å². The zero-order chi connectivity index (χ0) is 15.0. The lowest BCUT2D eigenvalue weighted by Crippen LogP contribution is -1.84. The fraction of sp³-hybridized carbons (Fsp3) is 0.800. The van der Waals surface area contributed by atoms with Crippen LogP contribution in [0.3, 0.4) is 0 Å². The highest BCUT2D eigenvalue weighted by Gasteiger charge is 1.86. The smallest absolute Gasteiger partial charge is 0.120 e. The van der Waals surface area contributed by atoms with E-state index in [9.17, 15) is 14.4 Å². The molecule has 0 atom stereocenters. The first-order valence-corrected chi connectivity index (χ1v) is 6.62. The molecule has 0 amide bonds. The van der Waals surface area contributed by atoms with E-state index in [4.69, 9.17) is 0 Å². The highest BCUT2D eigenvalue weighted by molar-refractivity contribution is 5.49. The Bertz CT molecular complexity index is 151. The Labute approximate surface area is 112 Å². The summed E-state index contributed by atoms with van der Waals surface area (Å²) in [7, 11) is 0. The van der Waals surface area contributed by atoms with Crippen LogP contribution in [0.5, 0.6) is 0 Å². The second kappa shape index (κ2) is 18.4. The predicted molar refractivity (Wildman–Crippen MR) is 76.6 cm³/mol. The van der Waals surface area contributed by atoms with Crippen molar-refractivity contribution in [1.29, 1.82) is 0 Å². The van der Waals surface area contributed by atoms with E-state index in [2.05, 4.69) is 0 Å². The number of hydrogen-bond acceptors (Lipinski definition) is 3. The molecule has 0 fully saturated rings. The van der Waals surface area contributed by atoms with E-state index in [1.54, 1.807) is 0 Å². The second-order valence-electron chi connectivity index (χ2n) is 5.39. The third-order valence-corrected chi connectivity index (χ3v) is 1.70. The van der Waals surface area contributed by atoms with Gasteiger partial charge in [-0.3, -0.25) is 0 Å². The van der Waals surface area contributed by atoms with Gasteiger partial charge in [0.2, 0.25) is 0 Å². The summed E-state index contributed by atoms with van der Waals surface area (Å²) in [4.78, 5) is 28.8. The maximum Gasteiger partial charge on any atom is 0.120 e. The molecule has 0 aliphatic carbocycles. The Morgan fingerprint density at radius 1 is 0.556 bits per heavy atom. The fourth-order valence-corrected chi connectivity index (χ4v) is 0.577. The Morgan fingerprint density at radius 3 is 0.722 bits per heavy atom. The first-order chi connectivity index (χ1) is 8.31. The fourth-order valence-electron chi connectivity index (χ4n) is 0.577. The average Bonchev–Trinajstić information content (AvgIpc) is 2.18. The molecule has 0 aliphatic heterocycles. The summed E-state index contributed by atoms with van der Waals surface area (Å²) in [6.07, 6.45) is 4.93. The van der Waals surface area contributed by atoms with Crippen molar-refractivity contribution in [2.45, 2.75) is 60.8 Å². The number of hydrogen-bond donors (Lipinski definition) is 0. The van der Waals surface area contributed by atoms with Gasteiger partial charge in [0.05, 0.1) is 0 Å². The largest absolute Gasteiger partial charge is 0.303 e. The molecule has 0 aromatic rings. The standard InChI is InChI=1S/3C5H10O/c3*1-5(2)3-4-6/h3*4-5H,3H2,1-2H3. The van der Waals surface area contributed by atoms with Crippen molar-refractivity contribution >= 4 is 18.9 Å². The molecule has 3 nitrogen and oxygen atoms in total. The maximum atomic E-state index is 9.62. The molecule has 0 rings (SSSR count). The lowest BCUT2D eigenvalue weighted by atomic mass is 10.2. The minimum atomic E-state index is 0.530. The van der Waals surface area contributed by atoms with Crippen LogP contribution in [0.25, 0.3) is 0 Å². The van der Waals surface area contributed by atoms with Gasteiger partial charge in [0.15, 0.2) is 0 Å². The van der Waals surface area contributed by atoms with E-state index in [0.29, 0.717) is 37.0 Å². The molecular weight excluding hydrogens is 228 g/mol. The number of carbonyl (C=O) groups excluding carboxylic acids is 3. The van der Waals surface area contributed by atoms with Gasteiger partial charge in [-0.1, -0.05) is 41.5 Å². The first kappa shape index (κ1) is 22.2. The average molecular weight is 258 g/mol. The lowest BCUT2D eigenvalue weighted by molar-refractivity contribution is -0.109. The summed E-state index contributed by atoms with van der Waals surface area (Å²) in [5, 5.41) is 0. The van der Waals surface area contributed by atoms with Crippen molar-refractivity contribution in [1.82, 2.24) is 0 Å². The molecule has 18 heavy (non-hydrogen) atoms. The van der Waals surface area contributed by atoms with Crippen molar-refractivity contribution in [3.8, 4) is 0 Å². The van der Waals surface area contributed by atoms with Crippen LogP contribution in [0.15, 0.2) is 0 Å². The normalized spacial score (nSPS) is 9.17. The molecule has 0 unspecified atom stereocenters. The van der Waals surface area contributed by atoms with Gasteiger partial charge in [-0.25, -0.2) is 0 Å². The van der Waals surface area contributed by atoms with Gasteiger partial charge < -0.3 is 14.4 Å². The van der Waals surface area contributed by atoms with Gasteiger partial charge in [0.1, 0.15) is 18.9 Å². The number of rotatable bonds is 6. The minimum Gasteiger partial charge on any atom is -0.303 e. The van der Waals surface area contributed by atoms with Crippen LogP contribution in [0, 0.1) is 17.8 Å². The van der Waals surface area contributed by atoms with Crippen LogP contribution in [-0.4, -0.2) is 18.9 Å². The summed E-state index contributed by atoms with van der Waals surface area (Å²) < 4.78 is 0. The Balaban J connectivity index is -0.000000187. The first-order valence-electron chi connectivity index (χ1n) is 6.62. The quantitative estimate of drug-likeness (QED) is 0.683. The zero-order valence-corrected chi connectivity index (χ0v) is 12.8. The van der Waals surface area contributed by atoms with Crippen LogP contribution in [-0.2, 0) is 14.4 Å². The Kier molecular flexibility index (Phi) is 22.7. The molecule has 3 heteroatoms. The Morgan fingerprint density at radius 2 is 0.722 bits per heavy atom. The van der Waals surface area contributed by atoms with E-state index in [1.165, 1.54) is 0 Å². The van der Waals surface area contributed by atoms with Gasteiger partial charge in [0.25, 0.3) is 0 Å². The summed E-state index contributed by atoms with van der Waals surface area (Å²) in [5.74, 6) is 1.59. The van der Waals surface area contributed by atoms with Crippen molar-refractivity contribution < 1.29 is 14.4 Å². The summed E-state index contributed by atoms with van der Waals surface area (Å²) in [5.41, 5.74) is 0. The molecule has 0 spiro atoms. The highest BCUT2D eigenvalue weighted by Crippen LogP contribution is 1.93. The molecule has 0 saturated heterocycles. The molecule has 108 valence electrons. The van der Waals surface area contributed by atoms with Crippen LogP contribution >= 0.6 is 0 Å². The summed E-state index contributed by atoms with van der Waals surface area (Å²) in [6.45, 7) is 12.1. The van der Waals surface area contributed by atoms with Gasteiger partial charge >= 0.3 is 0 Å². The Hall–Kier alpha value is -0.990. The van der Waals surface area contributed by atoms with Crippen molar-refractivity contribution in [3.05, 3.63) is 0 Å². The molecule has 0 saturated carbocycles. The summed E-state index contributed by atoms with van der Waals surface area (Å²) in [6, 6.07) is 0. The maximum absolute atomic E-state index is 9.62. The second-order valence-corrected chi connectivity index (χ2v) is 5.39.